The van der Waals surface area contributed by atoms with Crippen LogP contribution in [0.3, 0.4) is 0 Å². The third-order valence-corrected chi connectivity index (χ3v) is 12.4. The number of carbonyl (C=O) groups excluding carboxylic acids is 1. The van der Waals surface area contributed by atoms with Crippen molar-refractivity contribution in [2.24, 2.45) is 22.9 Å². The number of carbonyl (C=O) groups is 1. The number of nitro benzene ring substituents is 1. The fraction of sp³-hybridized carbons (Fsp3) is 0.458. The number of hydrogen-bond donors (Lipinski definition) is 2. The van der Waals surface area contributed by atoms with Crippen LogP contribution < -0.4 is 9.47 Å². The van der Waals surface area contributed by atoms with Gasteiger partial charge in [0.1, 0.15) is 30.8 Å². The van der Waals surface area contributed by atoms with E-state index in [-0.39, 0.29) is 62.2 Å². The van der Waals surface area contributed by atoms with E-state index in [0.717, 1.165) is 67.8 Å². The molecule has 0 unspecified atom stereocenters. The third-order valence-electron chi connectivity index (χ3n) is 12.4. The van der Waals surface area contributed by atoms with E-state index < -0.39 is 22.7 Å². The summed E-state index contributed by atoms with van der Waals surface area (Å²) in [7, 11) is 1.74. The smallest absolute Gasteiger partial charge is 0.269 e. The Kier molecular flexibility index (Phi) is 14.7. The van der Waals surface area contributed by atoms with Crippen molar-refractivity contribution in [2.45, 2.75) is 69.3 Å². The van der Waals surface area contributed by atoms with Gasteiger partial charge in [-0.25, -0.2) is 0 Å². The molecule has 2 aliphatic carbocycles. The molecule has 3 aromatic carbocycles. The number of ether oxygens (including phenoxy) is 3. The van der Waals surface area contributed by atoms with Gasteiger partial charge in [-0.15, -0.1) is 6.58 Å². The summed E-state index contributed by atoms with van der Waals surface area (Å²) in [5, 5.41) is 35.9. The van der Waals surface area contributed by atoms with Crippen molar-refractivity contribution in [1.82, 2.24) is 9.80 Å². The summed E-state index contributed by atoms with van der Waals surface area (Å²) < 4.78 is 20.6. The minimum atomic E-state index is -1.39. The molecule has 0 radical (unpaired) electrons. The molecule has 6 atom stereocenters. The number of unbranched alkanes of at least 4 members (excludes halogenated alkanes) is 2. The molecule has 2 fully saturated rings. The molecule has 1 saturated heterocycles. The van der Waals surface area contributed by atoms with Crippen LogP contribution in [0.15, 0.2) is 108 Å². The summed E-state index contributed by atoms with van der Waals surface area (Å²) in [5.41, 5.74) is 4.21. The van der Waals surface area contributed by atoms with Gasteiger partial charge in [-0.2, -0.15) is 0 Å². The molecule has 2 N–H and O–H groups in total. The highest BCUT2D eigenvalue weighted by molar-refractivity contribution is 6.03. The number of non-ortho nitro benzene ring substituents is 1. The molecule has 7 rings (SSSR count). The molecule has 0 bridgehead atoms. The van der Waals surface area contributed by atoms with E-state index in [1.165, 1.54) is 18.2 Å². The van der Waals surface area contributed by atoms with Gasteiger partial charge < -0.3 is 34.2 Å². The van der Waals surface area contributed by atoms with E-state index in [1.54, 1.807) is 36.2 Å². The summed E-state index contributed by atoms with van der Waals surface area (Å²) in [5.74, 6) is -0.766. The Labute approximate surface area is 358 Å². The molecule has 2 aliphatic heterocycles. The number of oxime groups is 1. The zero-order valence-corrected chi connectivity index (χ0v) is 35.0. The van der Waals surface area contributed by atoms with Gasteiger partial charge in [0.15, 0.2) is 0 Å². The summed E-state index contributed by atoms with van der Waals surface area (Å²) in [4.78, 5) is 35.3. The molecule has 324 valence electrons. The highest BCUT2D eigenvalue weighted by atomic mass is 16.7. The Balaban J connectivity index is 1.35. The summed E-state index contributed by atoms with van der Waals surface area (Å²) in [6.07, 6.45) is 12.0. The second kappa shape index (κ2) is 20.5. The maximum atomic E-state index is 14.4. The standard InChI is InChI=1S/C48H58N4O9/c1-3-28-59-48-44(50(2)45(55)22-17-34-15-18-37(19-16-34)52(56)57)32-42(49-60-33-35-11-5-4-6-12-35)40-30-36(13-7-9-26-53)39(14-8-10-27-54)46(47(40)48)41-31-38(20-21-43(41)61-48)58-29-25-51-23-24-51/h3-6,11-12,15-22,30-31,36,39,44,46-47,53-54H,1,7-10,13-14,23-29,32-33H2,2H3/t36-,39+,44-,46+,47+,48+/m0/s1. The number of nitrogens with zero attached hydrogens (tertiary/aromatic N) is 4. The van der Waals surface area contributed by atoms with Gasteiger partial charge in [0.2, 0.25) is 11.7 Å². The van der Waals surface area contributed by atoms with E-state index in [1.807, 2.05) is 42.5 Å². The molecule has 13 heteroatoms. The fourth-order valence-corrected chi connectivity index (χ4v) is 9.31. The Morgan fingerprint density at radius 1 is 1.05 bits per heavy atom. The van der Waals surface area contributed by atoms with Crippen LogP contribution in [-0.2, 0) is 21.0 Å². The lowest BCUT2D eigenvalue weighted by Gasteiger charge is -2.59. The first-order valence-corrected chi connectivity index (χ1v) is 21.5. The lowest BCUT2D eigenvalue weighted by atomic mass is 9.55. The molecule has 0 aromatic heterocycles. The minimum absolute atomic E-state index is 0.0359. The molecule has 3 aromatic rings. The highest BCUT2D eigenvalue weighted by Crippen LogP contribution is 2.61. The molecule has 4 aliphatic rings. The predicted molar refractivity (Wildman–Crippen MR) is 233 cm³/mol. The number of aliphatic hydroxyl groups is 2. The molecule has 1 saturated carbocycles. The molecular formula is C48H58N4O9. The van der Waals surface area contributed by atoms with Crippen LogP contribution in [0, 0.1) is 27.9 Å². The molecular weight excluding hydrogens is 777 g/mol. The van der Waals surface area contributed by atoms with Gasteiger partial charge in [0.25, 0.3) is 5.69 Å². The van der Waals surface area contributed by atoms with Crippen molar-refractivity contribution in [2.75, 3.05) is 53.1 Å². The van der Waals surface area contributed by atoms with E-state index in [4.69, 9.17) is 24.2 Å². The number of hydrogen-bond acceptors (Lipinski definition) is 11. The first kappa shape index (κ1) is 43.7. The Morgan fingerprint density at radius 2 is 1.80 bits per heavy atom. The largest absolute Gasteiger partial charge is 0.492 e. The first-order valence-electron chi connectivity index (χ1n) is 21.5. The van der Waals surface area contributed by atoms with Crippen LogP contribution in [-0.4, -0.2) is 101 Å². The highest BCUT2D eigenvalue weighted by Gasteiger charge is 2.65. The predicted octanol–water partition coefficient (Wildman–Crippen LogP) is 7.29. The van der Waals surface area contributed by atoms with Gasteiger partial charge in [-0.1, -0.05) is 60.5 Å². The van der Waals surface area contributed by atoms with Crippen LogP contribution in [0.1, 0.15) is 67.6 Å². The van der Waals surface area contributed by atoms with E-state index in [2.05, 4.69) is 23.6 Å². The first-order chi connectivity index (χ1) is 29.8. The number of likely N-dealkylation sites (N-methyl/N-ethyl adjacent to an activating group) is 1. The van der Waals surface area contributed by atoms with Crippen molar-refractivity contribution in [3.8, 4) is 11.5 Å². The van der Waals surface area contributed by atoms with Crippen LogP contribution >= 0.6 is 0 Å². The zero-order chi connectivity index (χ0) is 42.8. The topological polar surface area (TPSA) is 156 Å². The quantitative estimate of drug-likeness (QED) is 0.0263. The van der Waals surface area contributed by atoms with Crippen molar-refractivity contribution >= 4 is 23.4 Å². The molecule has 2 heterocycles. The SMILES string of the molecule is C=CCO[C@@]12Oc3ccc(OCCN4CC4)cc3[C@H]3[C@H](CCCCO)[C@@H](CCCCO)C=C(C(=NOCc4ccccc4)C[C@@H]1N(C)C(=O)C=Cc1ccc([N+](=O)[O-])cc1)[C@H]32. The summed E-state index contributed by atoms with van der Waals surface area (Å²) >= 11 is 0. The van der Waals surface area contributed by atoms with Crippen LogP contribution in [0.25, 0.3) is 6.08 Å². The summed E-state index contributed by atoms with van der Waals surface area (Å²) in [6.45, 7) is 8.19. The average molecular weight is 835 g/mol. The van der Waals surface area contributed by atoms with Crippen molar-refractivity contribution < 1.29 is 39.0 Å². The number of benzene rings is 3. The van der Waals surface area contributed by atoms with Gasteiger partial charge in [-0.05, 0) is 90.6 Å². The molecule has 13 nitrogen and oxygen atoms in total. The van der Waals surface area contributed by atoms with Crippen molar-refractivity contribution in [1.29, 1.82) is 0 Å². The van der Waals surface area contributed by atoms with Gasteiger partial charge in [0.05, 0.1) is 23.2 Å². The number of allylic oxidation sites excluding steroid dienone is 1. The number of fused-ring (bicyclic) bond motifs is 2. The lowest BCUT2D eigenvalue weighted by Crippen LogP contribution is -2.69. The second-order valence-electron chi connectivity index (χ2n) is 16.4. The number of rotatable bonds is 22. The average Bonchev–Trinajstić information content (AvgIpc) is 4.11. The van der Waals surface area contributed by atoms with Crippen LogP contribution in [0.4, 0.5) is 5.69 Å². The molecule has 0 spiro atoms. The third kappa shape index (κ3) is 10.2. The van der Waals surface area contributed by atoms with E-state index in [0.29, 0.717) is 36.5 Å². The zero-order valence-electron chi connectivity index (χ0n) is 35.0. The normalized spacial score (nSPS) is 24.6. The van der Waals surface area contributed by atoms with Crippen molar-refractivity contribution in [3.05, 3.63) is 130 Å². The Morgan fingerprint density at radius 3 is 2.51 bits per heavy atom. The van der Waals surface area contributed by atoms with Crippen LogP contribution in [0.5, 0.6) is 11.5 Å². The minimum Gasteiger partial charge on any atom is -0.492 e. The van der Waals surface area contributed by atoms with E-state index in [9.17, 15) is 25.1 Å². The Hall–Kier alpha value is -5.34. The van der Waals surface area contributed by atoms with Crippen LogP contribution in [0.2, 0.25) is 0 Å². The van der Waals surface area contributed by atoms with Gasteiger partial charge >= 0.3 is 0 Å². The maximum Gasteiger partial charge on any atom is 0.269 e. The molecule has 61 heavy (non-hydrogen) atoms. The monoisotopic (exact) mass is 834 g/mol. The van der Waals surface area contributed by atoms with Crippen molar-refractivity contribution in [3.63, 3.8) is 0 Å². The lowest BCUT2D eigenvalue weighted by molar-refractivity contribution is -0.384. The fourth-order valence-electron chi connectivity index (χ4n) is 9.31. The number of aliphatic hydroxyl groups excluding tert-OH is 2. The second-order valence-corrected chi connectivity index (χ2v) is 16.4. The Bertz CT molecular complexity index is 2070. The van der Waals surface area contributed by atoms with E-state index >= 15 is 0 Å². The molecule has 1 amide bonds. The number of nitro groups is 1. The van der Waals surface area contributed by atoms with Gasteiger partial charge in [-0.3, -0.25) is 19.8 Å². The maximum absolute atomic E-state index is 14.4. The number of amides is 1. The van der Waals surface area contributed by atoms with Gasteiger partial charge in [0, 0.05) is 76.0 Å². The summed E-state index contributed by atoms with van der Waals surface area (Å²) in [6, 6.07) is 21.2.